The highest BCUT2D eigenvalue weighted by Crippen LogP contribution is 2.22. The zero-order chi connectivity index (χ0) is 15.9. The molecule has 0 unspecified atom stereocenters. The fourth-order valence-electron chi connectivity index (χ4n) is 1.49. The first-order valence-electron chi connectivity index (χ1n) is 6.08. The van der Waals surface area contributed by atoms with E-state index in [1.807, 2.05) is 0 Å². The second-order valence-corrected chi connectivity index (χ2v) is 4.09. The molecule has 0 aliphatic heterocycles. The minimum Gasteiger partial charge on any atom is -0.477 e. The number of carboxylic acid groups (broad SMARTS) is 1. The molecule has 0 heterocycles. The molecular weight excluding hydrogens is 288 g/mol. The van der Waals surface area contributed by atoms with Crippen molar-refractivity contribution in [3.8, 4) is 0 Å². The van der Waals surface area contributed by atoms with E-state index in [9.17, 15) is 14.9 Å². The maximum atomic E-state index is 10.5. The number of aliphatic imine (C=N–C) groups is 1. The van der Waals surface area contributed by atoms with E-state index in [0.717, 1.165) is 6.21 Å². The Morgan fingerprint density at radius 3 is 1.86 bits per heavy atom. The van der Waals surface area contributed by atoms with Gasteiger partial charge in [0.1, 0.15) is 6.21 Å². The maximum Gasteiger partial charge on any atom is 0.346 e. The van der Waals surface area contributed by atoms with Crippen LogP contribution in [0.1, 0.15) is 0 Å². The van der Waals surface area contributed by atoms with Gasteiger partial charge in [0.25, 0.3) is 5.69 Å². The summed E-state index contributed by atoms with van der Waals surface area (Å²) in [6, 6.07) is 12.1. The first kappa shape index (κ1) is 15.0. The van der Waals surface area contributed by atoms with Gasteiger partial charge in [-0.05, 0) is 36.4 Å². The standard InChI is InChI=1S/C14H10N4O4/c19-14(20)9-15-10-1-3-11(4-2-10)16-17-12-5-7-13(8-6-12)18(21)22/h1-9H,(H,19,20). The average molecular weight is 298 g/mol. The molecule has 0 saturated carbocycles. The van der Waals surface area contributed by atoms with Crippen molar-refractivity contribution >= 4 is 34.9 Å². The Kier molecular flexibility index (Phi) is 4.66. The van der Waals surface area contributed by atoms with Gasteiger partial charge in [0.15, 0.2) is 0 Å². The molecule has 22 heavy (non-hydrogen) atoms. The Bertz CT molecular complexity index is 736. The molecule has 2 aromatic carbocycles. The highest BCUT2D eigenvalue weighted by Gasteiger charge is 2.03. The van der Waals surface area contributed by atoms with Crippen LogP contribution in [0.4, 0.5) is 22.7 Å². The second-order valence-electron chi connectivity index (χ2n) is 4.09. The number of nitro benzene ring substituents is 1. The minimum atomic E-state index is -1.12. The first-order chi connectivity index (χ1) is 10.5. The van der Waals surface area contributed by atoms with Crippen molar-refractivity contribution in [1.29, 1.82) is 0 Å². The number of aliphatic carboxylic acids is 1. The van der Waals surface area contributed by atoms with Crippen LogP contribution in [-0.2, 0) is 4.79 Å². The maximum absolute atomic E-state index is 10.5. The molecule has 0 radical (unpaired) electrons. The third-order valence-electron chi connectivity index (χ3n) is 2.52. The number of hydrogen-bond donors (Lipinski definition) is 1. The van der Waals surface area contributed by atoms with E-state index in [2.05, 4.69) is 15.2 Å². The van der Waals surface area contributed by atoms with Gasteiger partial charge >= 0.3 is 5.97 Å². The number of benzene rings is 2. The zero-order valence-corrected chi connectivity index (χ0v) is 11.2. The van der Waals surface area contributed by atoms with Crippen molar-refractivity contribution in [3.63, 3.8) is 0 Å². The SMILES string of the molecule is O=C(O)C=Nc1ccc(N=Nc2ccc([N+](=O)[O-])cc2)cc1. The van der Waals surface area contributed by atoms with E-state index in [4.69, 9.17) is 5.11 Å². The summed E-state index contributed by atoms with van der Waals surface area (Å²) < 4.78 is 0. The van der Waals surface area contributed by atoms with Crippen LogP contribution in [0, 0.1) is 10.1 Å². The highest BCUT2D eigenvalue weighted by molar-refractivity contribution is 6.22. The molecule has 0 bridgehead atoms. The number of nitrogens with zero attached hydrogens (tertiary/aromatic N) is 4. The predicted octanol–water partition coefficient (Wildman–Crippen LogP) is 3.80. The third-order valence-corrected chi connectivity index (χ3v) is 2.52. The van der Waals surface area contributed by atoms with Crippen molar-refractivity contribution in [2.75, 3.05) is 0 Å². The summed E-state index contributed by atoms with van der Waals surface area (Å²) in [5, 5.41) is 26.9. The predicted molar refractivity (Wildman–Crippen MR) is 79.5 cm³/mol. The largest absolute Gasteiger partial charge is 0.477 e. The summed E-state index contributed by atoms with van der Waals surface area (Å²) in [5.74, 6) is -1.12. The van der Waals surface area contributed by atoms with Crippen LogP contribution in [0.25, 0.3) is 0 Å². The molecule has 2 aromatic rings. The Morgan fingerprint density at radius 2 is 1.41 bits per heavy atom. The van der Waals surface area contributed by atoms with Gasteiger partial charge in [0.05, 0.1) is 22.0 Å². The number of azo groups is 1. The Balaban J connectivity index is 2.06. The average Bonchev–Trinajstić information content (AvgIpc) is 2.52. The van der Waals surface area contributed by atoms with Crippen molar-refractivity contribution in [2.24, 2.45) is 15.2 Å². The van der Waals surface area contributed by atoms with Crippen LogP contribution in [0.2, 0.25) is 0 Å². The van der Waals surface area contributed by atoms with Crippen molar-refractivity contribution < 1.29 is 14.8 Å². The van der Waals surface area contributed by atoms with E-state index >= 15 is 0 Å². The van der Waals surface area contributed by atoms with E-state index < -0.39 is 10.9 Å². The van der Waals surface area contributed by atoms with Crippen LogP contribution in [-0.4, -0.2) is 22.2 Å². The van der Waals surface area contributed by atoms with Crippen LogP contribution in [0.15, 0.2) is 63.8 Å². The summed E-state index contributed by atoms with van der Waals surface area (Å²) in [6.45, 7) is 0. The topological polar surface area (TPSA) is 118 Å². The minimum absolute atomic E-state index is 0.0143. The van der Waals surface area contributed by atoms with Crippen LogP contribution in [0.3, 0.4) is 0 Å². The van der Waals surface area contributed by atoms with Crippen LogP contribution >= 0.6 is 0 Å². The molecule has 8 heteroatoms. The molecule has 8 nitrogen and oxygen atoms in total. The van der Waals surface area contributed by atoms with Crippen LogP contribution < -0.4 is 0 Å². The lowest BCUT2D eigenvalue weighted by molar-refractivity contribution is -0.384. The van der Waals surface area contributed by atoms with Gasteiger partial charge in [-0.2, -0.15) is 10.2 Å². The molecule has 0 atom stereocenters. The Morgan fingerprint density at radius 1 is 0.955 bits per heavy atom. The molecule has 0 aromatic heterocycles. The summed E-state index contributed by atoms with van der Waals surface area (Å²) in [6.07, 6.45) is 0.799. The smallest absolute Gasteiger partial charge is 0.346 e. The molecule has 0 saturated heterocycles. The molecular formula is C14H10N4O4. The molecule has 110 valence electrons. The van der Waals surface area contributed by atoms with Gasteiger partial charge in [0.2, 0.25) is 0 Å². The molecule has 0 fully saturated rings. The normalized spacial score (nSPS) is 11.1. The summed E-state index contributed by atoms with van der Waals surface area (Å²) in [7, 11) is 0. The molecule has 0 aliphatic rings. The lowest BCUT2D eigenvalue weighted by Gasteiger charge is -1.95. The van der Waals surface area contributed by atoms with Crippen molar-refractivity contribution in [3.05, 3.63) is 58.6 Å². The summed E-state index contributed by atoms with van der Waals surface area (Å²) >= 11 is 0. The molecule has 2 rings (SSSR count). The summed E-state index contributed by atoms with van der Waals surface area (Å²) in [5.41, 5.74) is 1.50. The zero-order valence-electron chi connectivity index (χ0n) is 11.2. The van der Waals surface area contributed by atoms with Crippen molar-refractivity contribution in [1.82, 2.24) is 0 Å². The first-order valence-corrected chi connectivity index (χ1v) is 6.08. The molecule has 0 aliphatic carbocycles. The quantitative estimate of drug-likeness (QED) is 0.391. The van der Waals surface area contributed by atoms with Gasteiger partial charge in [-0.1, -0.05) is 0 Å². The number of carboxylic acids is 1. The Labute approximate surface area is 124 Å². The summed E-state index contributed by atoms with van der Waals surface area (Å²) in [4.78, 5) is 24.1. The van der Waals surface area contributed by atoms with Crippen molar-refractivity contribution in [2.45, 2.75) is 0 Å². The molecule has 0 spiro atoms. The highest BCUT2D eigenvalue weighted by atomic mass is 16.6. The number of rotatable bonds is 5. The lowest BCUT2D eigenvalue weighted by atomic mass is 10.3. The van der Waals surface area contributed by atoms with Gasteiger partial charge in [-0.3, -0.25) is 10.1 Å². The fraction of sp³-hybridized carbons (Fsp3) is 0. The number of nitro groups is 1. The van der Waals surface area contributed by atoms with Gasteiger partial charge < -0.3 is 5.11 Å². The Hall–Kier alpha value is -3.42. The molecule has 0 amide bonds. The van der Waals surface area contributed by atoms with E-state index in [1.165, 1.54) is 24.3 Å². The van der Waals surface area contributed by atoms with E-state index in [1.54, 1.807) is 24.3 Å². The van der Waals surface area contributed by atoms with Gasteiger partial charge in [-0.15, -0.1) is 0 Å². The monoisotopic (exact) mass is 298 g/mol. The van der Waals surface area contributed by atoms with Crippen LogP contribution in [0.5, 0.6) is 0 Å². The number of non-ortho nitro benzene ring substituents is 1. The van der Waals surface area contributed by atoms with Gasteiger partial charge in [0, 0.05) is 12.1 Å². The van der Waals surface area contributed by atoms with E-state index in [-0.39, 0.29) is 5.69 Å². The van der Waals surface area contributed by atoms with Gasteiger partial charge in [-0.25, -0.2) is 9.79 Å². The molecule has 1 N–H and O–H groups in total. The third kappa shape index (κ3) is 4.30. The number of carbonyl (C=O) groups is 1. The second kappa shape index (κ2) is 6.84. The number of hydrogen-bond acceptors (Lipinski definition) is 6. The fourth-order valence-corrected chi connectivity index (χ4v) is 1.49. The lowest BCUT2D eigenvalue weighted by Crippen LogP contribution is -1.93. The van der Waals surface area contributed by atoms with E-state index in [0.29, 0.717) is 17.1 Å².